The van der Waals surface area contributed by atoms with E-state index in [1.807, 2.05) is 0 Å². The first kappa shape index (κ1) is 13.4. The van der Waals surface area contributed by atoms with Crippen molar-refractivity contribution in [1.29, 1.82) is 0 Å². The van der Waals surface area contributed by atoms with Gasteiger partial charge in [-0.25, -0.2) is 0 Å². The monoisotopic (exact) mass is 315 g/mol. The van der Waals surface area contributed by atoms with Crippen molar-refractivity contribution in [2.45, 2.75) is 38.6 Å². The minimum atomic E-state index is 0.466. The van der Waals surface area contributed by atoms with Crippen LogP contribution in [0.25, 0.3) is 0 Å². The van der Waals surface area contributed by atoms with E-state index < -0.39 is 0 Å². The van der Waals surface area contributed by atoms with Crippen molar-refractivity contribution in [3.8, 4) is 0 Å². The molecule has 94 valence electrons. The van der Waals surface area contributed by atoms with Crippen molar-refractivity contribution in [3.05, 3.63) is 33.3 Å². The number of halogens is 2. The first-order chi connectivity index (χ1) is 8.22. The number of benzene rings is 1. The highest BCUT2D eigenvalue weighted by Gasteiger charge is 2.25. The third-order valence-electron chi connectivity index (χ3n) is 3.60. The molecular formula is C14H19BrClN. The summed E-state index contributed by atoms with van der Waals surface area (Å²) < 4.78 is 0.976. The standard InChI is InChI=1S/C14H19BrClN/c1-2-17-14(10-5-3-4-6-10)11-7-8-12(15)13(16)9-11/h7-10,14,17H,2-6H2,1H3. The van der Waals surface area contributed by atoms with Gasteiger partial charge in [-0.05, 0) is 58.9 Å². The van der Waals surface area contributed by atoms with Gasteiger partial charge in [0.05, 0.1) is 5.02 Å². The molecule has 3 heteroatoms. The molecule has 1 aliphatic rings. The maximum absolute atomic E-state index is 6.19. The van der Waals surface area contributed by atoms with Gasteiger partial charge in [-0.3, -0.25) is 0 Å². The molecule has 0 spiro atoms. The lowest BCUT2D eigenvalue weighted by Crippen LogP contribution is -2.26. The Morgan fingerprint density at radius 2 is 2.12 bits per heavy atom. The number of nitrogens with one attached hydrogen (secondary N) is 1. The fourth-order valence-corrected chi connectivity index (χ4v) is 3.21. The normalized spacial score (nSPS) is 18.5. The molecule has 1 N–H and O–H groups in total. The van der Waals surface area contributed by atoms with Crippen LogP contribution >= 0.6 is 27.5 Å². The zero-order valence-corrected chi connectivity index (χ0v) is 12.5. The lowest BCUT2D eigenvalue weighted by Gasteiger charge is -2.25. The van der Waals surface area contributed by atoms with Crippen molar-refractivity contribution in [1.82, 2.24) is 5.32 Å². The number of hydrogen-bond donors (Lipinski definition) is 1. The Morgan fingerprint density at radius 3 is 2.71 bits per heavy atom. The minimum Gasteiger partial charge on any atom is -0.310 e. The zero-order chi connectivity index (χ0) is 12.3. The van der Waals surface area contributed by atoms with Gasteiger partial charge in [-0.1, -0.05) is 37.4 Å². The van der Waals surface area contributed by atoms with Gasteiger partial charge >= 0.3 is 0 Å². The second kappa shape index (κ2) is 6.21. The topological polar surface area (TPSA) is 12.0 Å². The van der Waals surface area contributed by atoms with Crippen molar-refractivity contribution < 1.29 is 0 Å². The van der Waals surface area contributed by atoms with Gasteiger partial charge in [0.2, 0.25) is 0 Å². The second-order valence-corrected chi connectivity index (χ2v) is 6.01. The van der Waals surface area contributed by atoms with E-state index in [1.54, 1.807) is 0 Å². The van der Waals surface area contributed by atoms with Crippen LogP contribution in [0.15, 0.2) is 22.7 Å². The Hall–Kier alpha value is -0.0500. The Morgan fingerprint density at radius 1 is 1.41 bits per heavy atom. The molecule has 1 nitrogen and oxygen atoms in total. The minimum absolute atomic E-state index is 0.466. The van der Waals surface area contributed by atoms with Gasteiger partial charge in [0, 0.05) is 10.5 Å². The van der Waals surface area contributed by atoms with E-state index in [0.29, 0.717) is 6.04 Å². The highest BCUT2D eigenvalue weighted by molar-refractivity contribution is 9.10. The van der Waals surface area contributed by atoms with Crippen LogP contribution in [-0.4, -0.2) is 6.54 Å². The van der Waals surface area contributed by atoms with Gasteiger partial charge in [-0.2, -0.15) is 0 Å². The highest BCUT2D eigenvalue weighted by Crippen LogP contribution is 2.37. The molecule has 0 bridgehead atoms. The van der Waals surface area contributed by atoms with Crippen LogP contribution in [-0.2, 0) is 0 Å². The molecule has 1 aromatic rings. The van der Waals surface area contributed by atoms with Gasteiger partial charge in [0.15, 0.2) is 0 Å². The maximum Gasteiger partial charge on any atom is 0.0551 e. The quantitative estimate of drug-likeness (QED) is 0.829. The van der Waals surface area contributed by atoms with Crippen molar-refractivity contribution >= 4 is 27.5 Å². The summed E-state index contributed by atoms with van der Waals surface area (Å²) in [6.45, 7) is 3.18. The first-order valence-electron chi connectivity index (χ1n) is 6.40. The molecule has 0 aliphatic heterocycles. The number of rotatable bonds is 4. The van der Waals surface area contributed by atoms with E-state index >= 15 is 0 Å². The average molecular weight is 317 g/mol. The summed E-state index contributed by atoms with van der Waals surface area (Å²) in [5, 5.41) is 4.42. The zero-order valence-electron chi connectivity index (χ0n) is 10.2. The smallest absolute Gasteiger partial charge is 0.0551 e. The van der Waals surface area contributed by atoms with Crippen LogP contribution in [0.3, 0.4) is 0 Å². The van der Waals surface area contributed by atoms with E-state index in [9.17, 15) is 0 Å². The Kier molecular flexibility index (Phi) is 4.89. The van der Waals surface area contributed by atoms with Gasteiger partial charge in [0.25, 0.3) is 0 Å². The summed E-state index contributed by atoms with van der Waals surface area (Å²) in [7, 11) is 0. The maximum atomic E-state index is 6.19. The van der Waals surface area contributed by atoms with Gasteiger partial charge < -0.3 is 5.32 Å². The summed E-state index contributed by atoms with van der Waals surface area (Å²) in [5.41, 5.74) is 1.33. The van der Waals surface area contributed by atoms with Gasteiger partial charge in [-0.15, -0.1) is 0 Å². The molecule has 2 rings (SSSR count). The lowest BCUT2D eigenvalue weighted by molar-refractivity contribution is 0.374. The average Bonchev–Trinajstić information content (AvgIpc) is 2.83. The first-order valence-corrected chi connectivity index (χ1v) is 7.57. The molecule has 1 atom stereocenters. The van der Waals surface area contributed by atoms with E-state index in [1.165, 1.54) is 31.2 Å². The summed E-state index contributed by atoms with van der Waals surface area (Å²) in [5.74, 6) is 0.771. The molecule has 1 aromatic carbocycles. The van der Waals surface area contributed by atoms with E-state index in [4.69, 9.17) is 11.6 Å². The fraction of sp³-hybridized carbons (Fsp3) is 0.571. The predicted molar refractivity (Wildman–Crippen MR) is 77.5 cm³/mol. The van der Waals surface area contributed by atoms with Crippen LogP contribution in [0.5, 0.6) is 0 Å². The van der Waals surface area contributed by atoms with Crippen LogP contribution < -0.4 is 5.32 Å². The predicted octanol–water partition coefficient (Wildman–Crippen LogP) is 4.94. The molecule has 1 aliphatic carbocycles. The van der Waals surface area contributed by atoms with Crippen LogP contribution in [0.4, 0.5) is 0 Å². The van der Waals surface area contributed by atoms with E-state index in [-0.39, 0.29) is 0 Å². The molecule has 0 aromatic heterocycles. The molecular weight excluding hydrogens is 298 g/mol. The van der Waals surface area contributed by atoms with Crippen molar-refractivity contribution in [3.63, 3.8) is 0 Å². The Balaban J connectivity index is 2.21. The number of hydrogen-bond acceptors (Lipinski definition) is 1. The summed E-state index contributed by atoms with van der Waals surface area (Å²) >= 11 is 9.64. The molecule has 0 heterocycles. The van der Waals surface area contributed by atoms with E-state index in [0.717, 1.165) is 22.0 Å². The highest BCUT2D eigenvalue weighted by atomic mass is 79.9. The summed E-state index contributed by atoms with van der Waals surface area (Å²) in [6.07, 6.45) is 5.42. The largest absolute Gasteiger partial charge is 0.310 e. The van der Waals surface area contributed by atoms with Crippen LogP contribution in [0.2, 0.25) is 5.02 Å². The Bertz CT molecular complexity index is 374. The SMILES string of the molecule is CCNC(c1ccc(Br)c(Cl)c1)C1CCCC1. The molecule has 1 unspecified atom stereocenters. The van der Waals surface area contributed by atoms with Crippen LogP contribution in [0.1, 0.15) is 44.2 Å². The molecule has 1 saturated carbocycles. The fourth-order valence-electron chi connectivity index (χ4n) is 2.77. The molecule has 1 fully saturated rings. The third kappa shape index (κ3) is 3.24. The third-order valence-corrected chi connectivity index (χ3v) is 4.83. The molecule has 0 radical (unpaired) electrons. The molecule has 17 heavy (non-hydrogen) atoms. The summed E-state index contributed by atoms with van der Waals surface area (Å²) in [6, 6.07) is 6.80. The second-order valence-electron chi connectivity index (χ2n) is 4.75. The van der Waals surface area contributed by atoms with Gasteiger partial charge in [0.1, 0.15) is 0 Å². The molecule has 0 saturated heterocycles. The van der Waals surface area contributed by atoms with Crippen molar-refractivity contribution in [2.75, 3.05) is 6.54 Å². The molecule has 0 amide bonds. The Labute approximate surface area is 117 Å². The van der Waals surface area contributed by atoms with Crippen molar-refractivity contribution in [2.24, 2.45) is 5.92 Å². The lowest BCUT2D eigenvalue weighted by atomic mass is 9.91. The van der Waals surface area contributed by atoms with Crippen LogP contribution in [0, 0.1) is 5.92 Å². The van der Waals surface area contributed by atoms with E-state index in [2.05, 4.69) is 46.4 Å². The summed E-state index contributed by atoms with van der Waals surface area (Å²) in [4.78, 5) is 0.